The molecule has 4 rings (SSSR count). The van der Waals surface area contributed by atoms with E-state index < -0.39 is 28.8 Å². The fourth-order valence-corrected chi connectivity index (χ4v) is 5.38. The van der Waals surface area contributed by atoms with Crippen LogP contribution in [0.15, 0.2) is 36.3 Å². The Bertz CT molecular complexity index is 1190. The Balaban J connectivity index is 1.71. The molecular formula is C21H26F3N5O2S. The van der Waals surface area contributed by atoms with Gasteiger partial charge in [-0.2, -0.15) is 17.5 Å². The first-order valence-corrected chi connectivity index (χ1v) is 12.1. The number of nitrogens with one attached hydrogen (secondary N) is 2. The van der Waals surface area contributed by atoms with Gasteiger partial charge in [0.2, 0.25) is 10.0 Å². The first-order chi connectivity index (χ1) is 15.0. The zero-order chi connectivity index (χ0) is 23.3. The molecule has 4 heterocycles. The van der Waals surface area contributed by atoms with Crippen molar-refractivity contribution >= 4 is 26.6 Å². The zero-order valence-electron chi connectivity index (χ0n) is 18.1. The summed E-state index contributed by atoms with van der Waals surface area (Å²) in [6.07, 6.45) is 0.749. The Morgan fingerprint density at radius 1 is 1.28 bits per heavy atom. The highest BCUT2D eigenvalue weighted by molar-refractivity contribution is 7.89. The summed E-state index contributed by atoms with van der Waals surface area (Å²) in [5, 5.41) is 4.02. The lowest BCUT2D eigenvalue weighted by atomic mass is 9.98. The molecule has 7 nitrogen and oxygen atoms in total. The van der Waals surface area contributed by atoms with Crippen LogP contribution < -0.4 is 5.32 Å². The Kier molecular flexibility index (Phi) is 5.74. The van der Waals surface area contributed by atoms with Gasteiger partial charge in [0.05, 0.1) is 5.75 Å². The van der Waals surface area contributed by atoms with E-state index in [1.807, 2.05) is 32.1 Å². The number of aromatic nitrogens is 2. The van der Waals surface area contributed by atoms with Gasteiger partial charge in [-0.15, -0.1) is 0 Å². The fraction of sp³-hybridized carbons (Fsp3) is 0.476. The smallest absolute Gasteiger partial charge is 0.366 e. The van der Waals surface area contributed by atoms with Gasteiger partial charge in [0.25, 0.3) is 0 Å². The second-order valence-corrected chi connectivity index (χ2v) is 10.4. The van der Waals surface area contributed by atoms with Gasteiger partial charge in [-0.3, -0.25) is 0 Å². The van der Waals surface area contributed by atoms with E-state index in [9.17, 15) is 21.6 Å². The normalized spacial score (nSPS) is 23.1. The molecule has 2 aliphatic heterocycles. The van der Waals surface area contributed by atoms with Crippen molar-refractivity contribution in [3.63, 3.8) is 0 Å². The summed E-state index contributed by atoms with van der Waals surface area (Å²) in [6, 6.07) is 1.67. The second-order valence-electron chi connectivity index (χ2n) is 8.17. The average molecular weight is 470 g/mol. The molecule has 0 spiro atoms. The van der Waals surface area contributed by atoms with E-state index in [4.69, 9.17) is 0 Å². The lowest BCUT2D eigenvalue weighted by Gasteiger charge is -2.44. The van der Waals surface area contributed by atoms with Crippen molar-refractivity contribution in [2.24, 2.45) is 0 Å². The molecule has 1 saturated heterocycles. The maximum absolute atomic E-state index is 14.0. The predicted molar refractivity (Wildman–Crippen MR) is 117 cm³/mol. The van der Waals surface area contributed by atoms with Crippen molar-refractivity contribution in [2.45, 2.75) is 39.0 Å². The molecule has 32 heavy (non-hydrogen) atoms. The molecule has 0 aromatic carbocycles. The van der Waals surface area contributed by atoms with E-state index in [-0.39, 0.29) is 24.9 Å². The molecule has 2 aliphatic rings. The number of H-pyrrole nitrogens is 1. The van der Waals surface area contributed by atoms with E-state index in [0.717, 1.165) is 26.5 Å². The van der Waals surface area contributed by atoms with Crippen LogP contribution >= 0.6 is 0 Å². The number of piperazine rings is 1. The SMILES string of the molecule is CCS(=O)(=O)N1CCN(C2=CC(c3ccnc4[nH]c(C)cc34)=CC(C)N2)C(C(F)(F)F)C1. The summed E-state index contributed by atoms with van der Waals surface area (Å²) in [4.78, 5) is 8.75. The molecule has 2 atom stereocenters. The van der Waals surface area contributed by atoms with Gasteiger partial charge in [0.1, 0.15) is 17.5 Å². The number of aryl methyl sites for hydroxylation is 1. The highest BCUT2D eigenvalue weighted by Crippen LogP contribution is 2.34. The summed E-state index contributed by atoms with van der Waals surface area (Å²) in [7, 11) is -3.71. The number of aromatic amines is 1. The maximum atomic E-state index is 14.0. The van der Waals surface area contributed by atoms with E-state index in [1.54, 1.807) is 12.3 Å². The summed E-state index contributed by atoms with van der Waals surface area (Å²) in [6.45, 7) is 4.55. The van der Waals surface area contributed by atoms with Crippen LogP contribution in [0.3, 0.4) is 0 Å². The van der Waals surface area contributed by atoms with Gasteiger partial charge in [-0.05, 0) is 50.1 Å². The number of halogens is 3. The largest absolute Gasteiger partial charge is 0.410 e. The van der Waals surface area contributed by atoms with Gasteiger partial charge in [0, 0.05) is 43.0 Å². The van der Waals surface area contributed by atoms with E-state index in [0.29, 0.717) is 11.5 Å². The van der Waals surface area contributed by atoms with Crippen molar-refractivity contribution in [3.8, 4) is 0 Å². The fourth-order valence-electron chi connectivity index (χ4n) is 4.29. The lowest BCUT2D eigenvalue weighted by Crippen LogP contribution is -2.61. The number of dihydropyridines is 1. The number of sulfonamides is 1. The van der Waals surface area contributed by atoms with Gasteiger partial charge in [-0.25, -0.2) is 13.4 Å². The van der Waals surface area contributed by atoms with Crippen LogP contribution in [0.4, 0.5) is 13.2 Å². The maximum Gasteiger partial charge on any atom is 0.410 e. The summed E-state index contributed by atoms with van der Waals surface area (Å²) in [5.74, 6) is 0.111. The Morgan fingerprint density at radius 3 is 2.72 bits per heavy atom. The molecule has 2 unspecified atom stereocenters. The van der Waals surface area contributed by atoms with Crippen LogP contribution in [-0.2, 0) is 10.0 Å². The second kappa shape index (κ2) is 8.11. The quantitative estimate of drug-likeness (QED) is 0.720. The van der Waals surface area contributed by atoms with Crippen LogP contribution in [-0.4, -0.2) is 71.2 Å². The minimum Gasteiger partial charge on any atom is -0.366 e. The predicted octanol–water partition coefficient (Wildman–Crippen LogP) is 2.99. The Labute approximate surface area is 185 Å². The van der Waals surface area contributed by atoms with Crippen molar-refractivity contribution in [1.29, 1.82) is 0 Å². The van der Waals surface area contributed by atoms with Gasteiger partial charge < -0.3 is 15.2 Å². The first kappa shape index (κ1) is 22.7. The molecule has 0 aliphatic carbocycles. The summed E-state index contributed by atoms with van der Waals surface area (Å²) < 4.78 is 67.4. The minimum absolute atomic E-state index is 0.00566. The molecule has 2 aromatic rings. The molecule has 11 heteroatoms. The topological polar surface area (TPSA) is 81.3 Å². The molecule has 2 N–H and O–H groups in total. The summed E-state index contributed by atoms with van der Waals surface area (Å²) >= 11 is 0. The van der Waals surface area contributed by atoms with Gasteiger partial charge in [-0.1, -0.05) is 6.08 Å². The van der Waals surface area contributed by atoms with Crippen molar-refractivity contribution in [1.82, 2.24) is 24.5 Å². The van der Waals surface area contributed by atoms with Crippen LogP contribution in [0.25, 0.3) is 16.6 Å². The molecular weight excluding hydrogens is 443 g/mol. The molecule has 174 valence electrons. The monoisotopic (exact) mass is 469 g/mol. The van der Waals surface area contributed by atoms with Crippen LogP contribution in [0.5, 0.6) is 0 Å². The molecule has 0 amide bonds. The number of nitrogens with zero attached hydrogens (tertiary/aromatic N) is 3. The third-order valence-corrected chi connectivity index (χ3v) is 7.71. The molecule has 1 fully saturated rings. The molecule has 2 aromatic heterocycles. The standard InChI is InChI=1S/C21H26F3N5O2S/c1-4-32(30,31)28-7-8-29(18(12-28)21(22,23)24)19-11-15(9-13(2)26-19)16-5-6-25-20-17(16)10-14(3)27-20/h5-6,9-11,13,18,26H,4,7-8,12H2,1-3H3,(H,25,27). The van der Waals surface area contributed by atoms with Crippen molar-refractivity contribution in [2.75, 3.05) is 25.4 Å². The highest BCUT2D eigenvalue weighted by Gasteiger charge is 2.49. The highest BCUT2D eigenvalue weighted by atomic mass is 32.2. The Morgan fingerprint density at radius 2 is 2.03 bits per heavy atom. The number of rotatable bonds is 4. The Hall–Kier alpha value is -2.53. The van der Waals surface area contributed by atoms with Crippen LogP contribution in [0, 0.1) is 6.92 Å². The summed E-state index contributed by atoms with van der Waals surface area (Å²) in [5.41, 5.74) is 3.33. The number of fused-ring (bicyclic) bond motifs is 1. The van der Waals surface area contributed by atoms with Crippen LogP contribution in [0.1, 0.15) is 25.1 Å². The average Bonchev–Trinajstić information content (AvgIpc) is 3.12. The third kappa shape index (κ3) is 4.23. The third-order valence-electron chi connectivity index (χ3n) is 5.86. The number of hydrogen-bond acceptors (Lipinski definition) is 5. The number of alkyl halides is 3. The first-order valence-electron chi connectivity index (χ1n) is 10.5. The van der Waals surface area contributed by atoms with E-state index in [2.05, 4.69) is 15.3 Å². The minimum atomic E-state index is -4.59. The number of pyridine rings is 1. The molecule has 0 bridgehead atoms. The van der Waals surface area contributed by atoms with Gasteiger partial charge >= 0.3 is 6.18 Å². The molecule has 0 saturated carbocycles. The number of allylic oxidation sites excluding steroid dienone is 2. The molecule has 0 radical (unpaired) electrons. The number of hydrogen-bond donors (Lipinski definition) is 2. The van der Waals surface area contributed by atoms with Crippen molar-refractivity contribution < 1.29 is 21.6 Å². The van der Waals surface area contributed by atoms with Crippen LogP contribution in [0.2, 0.25) is 0 Å². The van der Waals surface area contributed by atoms with E-state index >= 15 is 0 Å². The lowest BCUT2D eigenvalue weighted by molar-refractivity contribution is -0.187. The van der Waals surface area contributed by atoms with Gasteiger partial charge in [0.15, 0.2) is 0 Å². The van der Waals surface area contributed by atoms with Crippen molar-refractivity contribution in [3.05, 3.63) is 47.6 Å². The zero-order valence-corrected chi connectivity index (χ0v) is 18.9. The van der Waals surface area contributed by atoms with E-state index in [1.165, 1.54) is 11.8 Å².